The molecule has 0 bridgehead atoms. The minimum absolute atomic E-state index is 0.0238. The van der Waals surface area contributed by atoms with E-state index in [1.165, 1.54) is 0 Å². The van der Waals surface area contributed by atoms with Gasteiger partial charge in [0, 0.05) is 18.5 Å². The third-order valence-electron chi connectivity index (χ3n) is 3.42. The Bertz CT molecular complexity index is 608. The number of carbonyl (C=O) groups excluding carboxylic acids is 1. The molecule has 1 saturated carbocycles. The minimum Gasteiger partial charge on any atom is -0.482 e. The molecule has 1 fully saturated rings. The number of benzene rings is 1. The van der Waals surface area contributed by atoms with Crippen molar-refractivity contribution >= 4 is 16.8 Å². The summed E-state index contributed by atoms with van der Waals surface area (Å²) in [5.74, 6) is 0.659. The van der Waals surface area contributed by atoms with Crippen molar-refractivity contribution in [2.24, 2.45) is 0 Å². The van der Waals surface area contributed by atoms with Crippen LogP contribution < -0.4 is 4.74 Å². The molecule has 4 nitrogen and oxygen atoms in total. The molecule has 1 amide bonds. The van der Waals surface area contributed by atoms with Crippen molar-refractivity contribution in [3.8, 4) is 5.75 Å². The third-order valence-corrected chi connectivity index (χ3v) is 3.42. The summed E-state index contributed by atoms with van der Waals surface area (Å²) < 4.78 is 5.52. The van der Waals surface area contributed by atoms with Gasteiger partial charge in [-0.2, -0.15) is 0 Å². The lowest BCUT2D eigenvalue weighted by molar-refractivity contribution is -0.132. The van der Waals surface area contributed by atoms with Crippen molar-refractivity contribution in [3.05, 3.63) is 36.5 Å². The predicted octanol–water partition coefficient (Wildman–Crippen LogP) is 2.23. The average molecular weight is 256 g/mol. The highest BCUT2D eigenvalue weighted by molar-refractivity contribution is 5.80. The van der Waals surface area contributed by atoms with Crippen LogP contribution in [0.2, 0.25) is 0 Å². The second-order valence-corrected chi connectivity index (χ2v) is 4.89. The Kier molecular flexibility index (Phi) is 3.07. The molecule has 0 spiro atoms. The zero-order valence-electron chi connectivity index (χ0n) is 10.9. The number of fused-ring (bicyclic) bond motifs is 1. The Hall–Kier alpha value is -2.10. The van der Waals surface area contributed by atoms with Crippen LogP contribution in [0.15, 0.2) is 36.5 Å². The van der Waals surface area contributed by atoms with Crippen LogP contribution in [0.3, 0.4) is 0 Å². The Morgan fingerprint density at radius 1 is 1.42 bits per heavy atom. The molecular weight excluding hydrogens is 240 g/mol. The molecule has 0 N–H and O–H groups in total. The third kappa shape index (κ3) is 2.67. The summed E-state index contributed by atoms with van der Waals surface area (Å²) in [4.78, 5) is 17.9. The zero-order chi connectivity index (χ0) is 13.2. The number of aromatic nitrogens is 1. The van der Waals surface area contributed by atoms with Crippen LogP contribution in [0.1, 0.15) is 12.8 Å². The fourth-order valence-electron chi connectivity index (χ4n) is 2.04. The van der Waals surface area contributed by atoms with Gasteiger partial charge in [-0.1, -0.05) is 18.2 Å². The van der Waals surface area contributed by atoms with Gasteiger partial charge in [-0.15, -0.1) is 0 Å². The average Bonchev–Trinajstić information content (AvgIpc) is 3.28. The number of para-hydroxylation sites is 1. The van der Waals surface area contributed by atoms with Crippen molar-refractivity contribution < 1.29 is 9.53 Å². The van der Waals surface area contributed by atoms with Crippen LogP contribution in [-0.2, 0) is 4.79 Å². The van der Waals surface area contributed by atoms with E-state index in [4.69, 9.17) is 4.74 Å². The Morgan fingerprint density at radius 3 is 3.00 bits per heavy atom. The second-order valence-electron chi connectivity index (χ2n) is 4.89. The van der Waals surface area contributed by atoms with Crippen LogP contribution in [-0.4, -0.2) is 35.5 Å². The molecule has 1 aromatic heterocycles. The van der Waals surface area contributed by atoms with Gasteiger partial charge in [0.1, 0.15) is 5.75 Å². The number of carbonyl (C=O) groups is 1. The van der Waals surface area contributed by atoms with E-state index in [1.807, 2.05) is 37.4 Å². The van der Waals surface area contributed by atoms with Crippen LogP contribution in [0.25, 0.3) is 10.9 Å². The quantitative estimate of drug-likeness (QED) is 0.842. The molecule has 0 atom stereocenters. The summed E-state index contributed by atoms with van der Waals surface area (Å²) >= 11 is 0. The molecule has 0 aliphatic heterocycles. The van der Waals surface area contributed by atoms with Gasteiger partial charge in [-0.3, -0.25) is 9.78 Å². The Balaban J connectivity index is 1.66. The maximum atomic E-state index is 11.8. The first-order chi connectivity index (χ1) is 9.24. The topological polar surface area (TPSA) is 42.4 Å². The number of hydrogen-bond donors (Lipinski definition) is 0. The summed E-state index contributed by atoms with van der Waals surface area (Å²) in [6.45, 7) is 0.0764. The molecule has 19 heavy (non-hydrogen) atoms. The molecule has 0 saturated heterocycles. The smallest absolute Gasteiger partial charge is 0.260 e. The first-order valence-corrected chi connectivity index (χ1v) is 6.47. The number of nitrogens with zero attached hydrogens (tertiary/aromatic N) is 2. The summed E-state index contributed by atoms with van der Waals surface area (Å²) in [6, 6.07) is 10.2. The molecule has 98 valence electrons. The van der Waals surface area contributed by atoms with Crippen LogP contribution >= 0.6 is 0 Å². The van der Waals surface area contributed by atoms with Gasteiger partial charge >= 0.3 is 0 Å². The van der Waals surface area contributed by atoms with Crippen molar-refractivity contribution in [3.63, 3.8) is 0 Å². The van der Waals surface area contributed by atoms with Gasteiger partial charge in [-0.05, 0) is 25.0 Å². The minimum atomic E-state index is 0.0238. The number of pyridine rings is 1. The first kappa shape index (κ1) is 12.0. The van der Waals surface area contributed by atoms with Crippen LogP contribution in [0.4, 0.5) is 0 Å². The van der Waals surface area contributed by atoms with E-state index >= 15 is 0 Å². The zero-order valence-corrected chi connectivity index (χ0v) is 10.9. The summed E-state index contributed by atoms with van der Waals surface area (Å²) in [7, 11) is 1.84. The summed E-state index contributed by atoms with van der Waals surface area (Å²) in [5.41, 5.74) is 0.927. The van der Waals surface area contributed by atoms with Crippen LogP contribution in [0, 0.1) is 0 Å². The van der Waals surface area contributed by atoms with Crippen molar-refractivity contribution in [2.75, 3.05) is 13.7 Å². The van der Waals surface area contributed by atoms with E-state index < -0.39 is 0 Å². The Morgan fingerprint density at radius 2 is 2.21 bits per heavy atom. The number of hydrogen-bond acceptors (Lipinski definition) is 3. The van der Waals surface area contributed by atoms with Crippen molar-refractivity contribution in [2.45, 2.75) is 18.9 Å². The highest BCUT2D eigenvalue weighted by Gasteiger charge is 2.29. The first-order valence-electron chi connectivity index (χ1n) is 6.47. The van der Waals surface area contributed by atoms with Gasteiger partial charge in [0.2, 0.25) is 0 Å². The lowest BCUT2D eigenvalue weighted by Gasteiger charge is -2.16. The van der Waals surface area contributed by atoms with Crippen molar-refractivity contribution in [1.29, 1.82) is 0 Å². The van der Waals surface area contributed by atoms with Crippen LogP contribution in [0.5, 0.6) is 5.75 Å². The molecule has 2 aromatic rings. The number of ether oxygens (including phenoxy) is 1. The maximum Gasteiger partial charge on any atom is 0.260 e. The molecular formula is C15H16N2O2. The lowest BCUT2D eigenvalue weighted by atomic mass is 10.2. The highest BCUT2D eigenvalue weighted by Crippen LogP contribution is 2.25. The van der Waals surface area contributed by atoms with E-state index in [9.17, 15) is 4.79 Å². The summed E-state index contributed by atoms with van der Waals surface area (Å²) in [6.07, 6.45) is 3.88. The maximum absolute atomic E-state index is 11.8. The van der Waals surface area contributed by atoms with E-state index in [1.54, 1.807) is 11.1 Å². The molecule has 0 unspecified atom stereocenters. The second kappa shape index (κ2) is 4.88. The molecule has 1 aliphatic carbocycles. The number of likely N-dealkylation sites (N-methyl/N-ethyl adjacent to an activating group) is 1. The largest absolute Gasteiger partial charge is 0.482 e. The van der Waals surface area contributed by atoms with E-state index in [0.717, 1.165) is 23.7 Å². The molecule has 4 heteroatoms. The fraction of sp³-hybridized carbons (Fsp3) is 0.333. The van der Waals surface area contributed by atoms with Gasteiger partial charge in [0.15, 0.2) is 6.61 Å². The fourth-order valence-corrected chi connectivity index (χ4v) is 2.04. The highest BCUT2D eigenvalue weighted by atomic mass is 16.5. The van der Waals surface area contributed by atoms with E-state index in [-0.39, 0.29) is 12.5 Å². The van der Waals surface area contributed by atoms with E-state index in [0.29, 0.717) is 11.8 Å². The number of amides is 1. The molecule has 1 aliphatic rings. The molecule has 1 heterocycles. The van der Waals surface area contributed by atoms with Gasteiger partial charge in [0.05, 0.1) is 11.7 Å². The molecule has 0 radical (unpaired) electrons. The normalized spacial score (nSPS) is 14.4. The lowest BCUT2D eigenvalue weighted by Crippen LogP contribution is -2.33. The van der Waals surface area contributed by atoms with Gasteiger partial charge < -0.3 is 9.64 Å². The monoisotopic (exact) mass is 256 g/mol. The van der Waals surface area contributed by atoms with Crippen molar-refractivity contribution in [1.82, 2.24) is 9.88 Å². The predicted molar refractivity (Wildman–Crippen MR) is 73.0 cm³/mol. The molecule has 1 aromatic carbocycles. The Labute approximate surface area is 112 Å². The van der Waals surface area contributed by atoms with E-state index in [2.05, 4.69) is 4.98 Å². The number of rotatable bonds is 4. The molecule has 3 rings (SSSR count). The summed E-state index contributed by atoms with van der Waals surface area (Å²) in [5, 5.41) is 1.02. The van der Waals surface area contributed by atoms with Gasteiger partial charge in [-0.25, -0.2) is 0 Å². The van der Waals surface area contributed by atoms with Gasteiger partial charge in [0.25, 0.3) is 5.91 Å². The SMILES string of the molecule is CN(C(=O)COc1cnc2ccccc2c1)C1CC1. The standard InChI is InChI=1S/C15H16N2O2/c1-17(12-6-7-12)15(18)10-19-13-8-11-4-2-3-5-14(11)16-9-13/h2-5,8-9,12H,6-7,10H2,1H3.